The van der Waals surface area contributed by atoms with Crippen molar-refractivity contribution in [2.24, 2.45) is 0 Å². The van der Waals surface area contributed by atoms with Gasteiger partial charge in [-0.1, -0.05) is 41.9 Å². The van der Waals surface area contributed by atoms with Crippen LogP contribution in [0.5, 0.6) is 0 Å². The van der Waals surface area contributed by atoms with Crippen molar-refractivity contribution in [3.05, 3.63) is 59.1 Å². The molecule has 7 heteroatoms. The number of halogens is 1. The Morgan fingerprint density at radius 1 is 1.19 bits per heavy atom. The molecule has 3 aromatic rings. The predicted molar refractivity (Wildman–Crippen MR) is 130 cm³/mol. The normalized spacial score (nSPS) is 16.9. The van der Waals surface area contributed by atoms with E-state index in [2.05, 4.69) is 22.6 Å². The first-order valence-corrected chi connectivity index (χ1v) is 11.5. The lowest BCUT2D eigenvalue weighted by molar-refractivity contribution is 0.0199. The van der Waals surface area contributed by atoms with E-state index in [4.69, 9.17) is 21.3 Å². The van der Waals surface area contributed by atoms with Gasteiger partial charge in [-0.2, -0.15) is 0 Å². The maximum absolute atomic E-state index is 12.7. The van der Waals surface area contributed by atoms with Crippen LogP contribution in [0.3, 0.4) is 0 Å². The highest BCUT2D eigenvalue weighted by Crippen LogP contribution is 2.28. The van der Waals surface area contributed by atoms with Gasteiger partial charge in [0.2, 0.25) is 5.95 Å². The minimum atomic E-state index is -0.501. The van der Waals surface area contributed by atoms with Crippen LogP contribution in [0, 0.1) is 0 Å². The van der Waals surface area contributed by atoms with Crippen LogP contribution in [0.4, 0.5) is 10.7 Å². The van der Waals surface area contributed by atoms with Crippen LogP contribution < -0.4 is 4.90 Å². The van der Waals surface area contributed by atoms with Gasteiger partial charge in [-0.25, -0.2) is 9.78 Å². The van der Waals surface area contributed by atoms with Crippen LogP contribution >= 0.6 is 11.6 Å². The molecule has 1 aromatic heterocycles. The molecule has 1 atom stereocenters. The van der Waals surface area contributed by atoms with E-state index in [1.54, 1.807) is 0 Å². The van der Waals surface area contributed by atoms with Crippen molar-refractivity contribution in [3.8, 4) is 0 Å². The first kappa shape index (κ1) is 22.5. The van der Waals surface area contributed by atoms with Gasteiger partial charge in [-0.15, -0.1) is 0 Å². The Morgan fingerprint density at radius 3 is 2.66 bits per heavy atom. The van der Waals surface area contributed by atoms with Crippen LogP contribution in [-0.2, 0) is 11.3 Å². The number of carbonyl (C=O) groups excluding carboxylic acids is 1. The third-order valence-corrected chi connectivity index (χ3v) is 6.20. The van der Waals surface area contributed by atoms with Crippen molar-refractivity contribution in [1.82, 2.24) is 14.5 Å². The van der Waals surface area contributed by atoms with E-state index < -0.39 is 5.60 Å². The zero-order valence-corrected chi connectivity index (χ0v) is 20.0. The Balaban J connectivity index is 1.62. The molecule has 1 fully saturated rings. The van der Waals surface area contributed by atoms with Gasteiger partial charge in [0.15, 0.2) is 0 Å². The Labute approximate surface area is 194 Å². The van der Waals surface area contributed by atoms with Crippen LogP contribution in [-0.4, -0.2) is 52.3 Å². The van der Waals surface area contributed by atoms with Crippen molar-refractivity contribution < 1.29 is 9.53 Å². The molecule has 4 rings (SSSR count). The van der Waals surface area contributed by atoms with Gasteiger partial charge in [-0.3, -0.25) is 0 Å². The third-order valence-electron chi connectivity index (χ3n) is 5.83. The molecule has 1 saturated heterocycles. The molecule has 1 amide bonds. The zero-order chi connectivity index (χ0) is 22.9. The highest BCUT2D eigenvalue weighted by Gasteiger charge is 2.31. The molecule has 0 bridgehead atoms. The number of ether oxygens (including phenoxy) is 1. The van der Waals surface area contributed by atoms with Crippen LogP contribution in [0.1, 0.15) is 39.2 Å². The molecule has 0 saturated carbocycles. The van der Waals surface area contributed by atoms with E-state index in [0.29, 0.717) is 13.1 Å². The molecule has 2 heterocycles. The number of hydrogen-bond acceptors (Lipinski definition) is 4. The van der Waals surface area contributed by atoms with Crippen molar-refractivity contribution in [1.29, 1.82) is 0 Å². The van der Waals surface area contributed by atoms with Gasteiger partial charge >= 0.3 is 6.09 Å². The van der Waals surface area contributed by atoms with Crippen molar-refractivity contribution >= 4 is 34.7 Å². The summed E-state index contributed by atoms with van der Waals surface area (Å²) in [6.07, 6.45) is 1.67. The second-order valence-corrected chi connectivity index (χ2v) is 9.82. The number of likely N-dealkylation sites (tertiary alicyclic amines) is 1. The lowest BCUT2D eigenvalue weighted by Gasteiger charge is -2.38. The number of aromatic nitrogens is 2. The number of imidazole rings is 1. The zero-order valence-electron chi connectivity index (χ0n) is 19.2. The summed E-state index contributed by atoms with van der Waals surface area (Å²) in [7, 11) is 2.06. The highest BCUT2D eigenvalue weighted by molar-refractivity contribution is 6.31. The van der Waals surface area contributed by atoms with E-state index in [9.17, 15) is 4.79 Å². The smallest absolute Gasteiger partial charge is 0.410 e. The second kappa shape index (κ2) is 9.02. The fraction of sp³-hybridized carbons (Fsp3) is 0.440. The van der Waals surface area contributed by atoms with E-state index >= 15 is 0 Å². The number of likely N-dealkylation sites (N-methyl/N-ethyl adjacent to an activating group) is 1. The Bertz CT molecular complexity index is 1100. The van der Waals surface area contributed by atoms with Crippen molar-refractivity contribution in [2.45, 2.75) is 51.8 Å². The Kier molecular flexibility index (Phi) is 6.33. The lowest BCUT2D eigenvalue weighted by atomic mass is 10.1. The molecule has 32 heavy (non-hydrogen) atoms. The molecule has 1 aliphatic rings. The maximum atomic E-state index is 12.7. The quantitative estimate of drug-likeness (QED) is 0.516. The molecule has 0 spiro atoms. The van der Waals surface area contributed by atoms with Crippen LogP contribution in [0.2, 0.25) is 5.02 Å². The summed E-state index contributed by atoms with van der Waals surface area (Å²) in [5.74, 6) is 0.877. The summed E-state index contributed by atoms with van der Waals surface area (Å²) in [5, 5.41) is 0.743. The number of rotatable bonds is 4. The summed E-state index contributed by atoms with van der Waals surface area (Å²) in [4.78, 5) is 21.6. The summed E-state index contributed by atoms with van der Waals surface area (Å²) in [6, 6.07) is 16.2. The standard InChI is InChI=1S/C25H31ClN4O2/c1-25(2,3)32-24(31)29-15-9-11-19(17-29)28(4)23-27-21-13-7-8-14-22(21)30(23)16-18-10-5-6-12-20(18)26/h5-8,10,12-14,19H,9,11,15-17H2,1-4H3. The molecule has 1 aliphatic heterocycles. The molecule has 6 nitrogen and oxygen atoms in total. The summed E-state index contributed by atoms with van der Waals surface area (Å²) >= 11 is 6.47. The van der Waals surface area contributed by atoms with Crippen LogP contribution in [0.15, 0.2) is 48.5 Å². The Hall–Kier alpha value is -2.73. The number of nitrogens with zero attached hydrogens (tertiary/aromatic N) is 4. The minimum absolute atomic E-state index is 0.151. The molecule has 1 unspecified atom stereocenters. The number of para-hydroxylation sites is 2. The van der Waals surface area contributed by atoms with Gasteiger partial charge in [0.1, 0.15) is 5.60 Å². The second-order valence-electron chi connectivity index (χ2n) is 9.41. The van der Waals surface area contributed by atoms with Gasteiger partial charge in [0, 0.05) is 31.2 Å². The summed E-state index contributed by atoms with van der Waals surface area (Å²) < 4.78 is 7.82. The number of anilines is 1. The van der Waals surface area contributed by atoms with Crippen molar-refractivity contribution in [3.63, 3.8) is 0 Å². The molecule has 170 valence electrons. The van der Waals surface area contributed by atoms with E-state index in [-0.39, 0.29) is 12.1 Å². The molecule has 0 radical (unpaired) electrons. The number of piperidine rings is 1. The summed E-state index contributed by atoms with van der Waals surface area (Å²) in [6.45, 7) is 7.65. The fourth-order valence-electron chi connectivity index (χ4n) is 4.21. The van der Waals surface area contributed by atoms with Gasteiger partial charge < -0.3 is 19.1 Å². The van der Waals surface area contributed by atoms with Crippen LogP contribution in [0.25, 0.3) is 11.0 Å². The average Bonchev–Trinajstić information content (AvgIpc) is 3.12. The van der Waals surface area contributed by atoms with Gasteiger partial charge in [-0.05, 0) is 57.4 Å². The maximum Gasteiger partial charge on any atom is 0.410 e. The highest BCUT2D eigenvalue weighted by atomic mass is 35.5. The third kappa shape index (κ3) is 4.85. The predicted octanol–water partition coefficient (Wildman–Crippen LogP) is 5.57. The first-order chi connectivity index (χ1) is 15.2. The number of amides is 1. The van der Waals surface area contributed by atoms with E-state index in [1.165, 1.54) is 0 Å². The minimum Gasteiger partial charge on any atom is -0.444 e. The topological polar surface area (TPSA) is 50.6 Å². The number of carbonyl (C=O) groups is 1. The van der Waals surface area contributed by atoms with E-state index in [0.717, 1.165) is 47.0 Å². The molecule has 2 aromatic carbocycles. The average molecular weight is 455 g/mol. The molecular formula is C25H31ClN4O2. The van der Waals surface area contributed by atoms with Gasteiger partial charge in [0.05, 0.1) is 17.6 Å². The summed E-state index contributed by atoms with van der Waals surface area (Å²) in [5.41, 5.74) is 2.56. The number of hydrogen-bond donors (Lipinski definition) is 0. The van der Waals surface area contributed by atoms with Crippen molar-refractivity contribution in [2.75, 3.05) is 25.0 Å². The SMILES string of the molecule is CN(c1nc2ccccc2n1Cc1ccccc1Cl)C1CCCN(C(=O)OC(C)(C)C)C1. The fourth-order valence-corrected chi connectivity index (χ4v) is 4.41. The molecule has 0 aliphatic carbocycles. The molecular weight excluding hydrogens is 424 g/mol. The largest absolute Gasteiger partial charge is 0.444 e. The Morgan fingerprint density at radius 2 is 1.91 bits per heavy atom. The first-order valence-electron chi connectivity index (χ1n) is 11.1. The van der Waals surface area contributed by atoms with Gasteiger partial charge in [0.25, 0.3) is 0 Å². The molecule has 0 N–H and O–H groups in total. The lowest BCUT2D eigenvalue weighted by Crippen LogP contribution is -2.50. The number of fused-ring (bicyclic) bond motifs is 1. The number of benzene rings is 2. The monoisotopic (exact) mass is 454 g/mol. The van der Waals surface area contributed by atoms with E-state index in [1.807, 2.05) is 68.1 Å².